The minimum absolute atomic E-state index is 0.0243. The second kappa shape index (κ2) is 12.5. The monoisotopic (exact) mass is 553 g/mol. The summed E-state index contributed by atoms with van der Waals surface area (Å²) in [5, 5.41) is 20.2. The largest absolute Gasteiger partial charge is 0.494 e. The van der Waals surface area contributed by atoms with Crippen LogP contribution in [0.1, 0.15) is 72.5 Å². The number of methoxy groups -OCH3 is 1. The van der Waals surface area contributed by atoms with Gasteiger partial charge in [-0.3, -0.25) is 14.3 Å². The number of hydrogen-bond acceptors (Lipinski definition) is 7. The van der Waals surface area contributed by atoms with Gasteiger partial charge in [0.25, 0.3) is 5.91 Å². The second-order valence-corrected chi connectivity index (χ2v) is 10.8. The first-order valence-electron chi connectivity index (χ1n) is 13.3. The van der Waals surface area contributed by atoms with Gasteiger partial charge in [0.15, 0.2) is 11.6 Å². The zero-order valence-electron chi connectivity index (χ0n) is 23.3. The minimum Gasteiger partial charge on any atom is -0.494 e. The van der Waals surface area contributed by atoms with E-state index in [9.17, 15) is 19.1 Å². The normalized spacial score (nSPS) is 13.7. The summed E-state index contributed by atoms with van der Waals surface area (Å²) < 4.78 is 26.9. The van der Waals surface area contributed by atoms with Gasteiger partial charge >= 0.3 is 5.97 Å². The van der Waals surface area contributed by atoms with Crippen molar-refractivity contribution >= 4 is 17.7 Å². The van der Waals surface area contributed by atoms with Gasteiger partial charge in [0, 0.05) is 31.4 Å². The lowest BCUT2D eigenvalue weighted by atomic mass is 10.0. The topological polar surface area (TPSA) is 128 Å². The minimum atomic E-state index is -1.14. The molecule has 10 nitrogen and oxygen atoms in total. The first-order chi connectivity index (χ1) is 19.0. The van der Waals surface area contributed by atoms with Crippen LogP contribution >= 0.6 is 0 Å². The smallest absolute Gasteiger partial charge is 0.305 e. The Balaban J connectivity index is 1.55. The maximum atomic E-state index is 14.4. The number of fused-ring (bicyclic) bond motifs is 1. The number of anilines is 1. The molecule has 4 rings (SSSR count). The number of nitrogens with one attached hydrogen (secondary N) is 2. The highest BCUT2D eigenvalue weighted by atomic mass is 19.1. The molecule has 11 heteroatoms. The molecule has 3 aromatic rings. The third kappa shape index (κ3) is 7.56. The van der Waals surface area contributed by atoms with Gasteiger partial charge < -0.3 is 25.2 Å². The number of carbonyl (C=O) groups is 2. The van der Waals surface area contributed by atoms with Crippen molar-refractivity contribution in [2.45, 2.75) is 71.2 Å². The van der Waals surface area contributed by atoms with E-state index >= 15 is 0 Å². The maximum Gasteiger partial charge on any atom is 0.305 e. The number of rotatable bonds is 11. The van der Waals surface area contributed by atoms with Crippen molar-refractivity contribution < 1.29 is 28.6 Å². The molecule has 3 heterocycles. The van der Waals surface area contributed by atoms with Crippen LogP contribution in [0.15, 0.2) is 36.5 Å². The average Bonchev–Trinajstić information content (AvgIpc) is 3.33. The van der Waals surface area contributed by atoms with Gasteiger partial charge in [-0.05, 0) is 62.9 Å². The summed E-state index contributed by atoms with van der Waals surface area (Å²) in [6.07, 6.45) is 3.89. The molecular weight excluding hydrogens is 517 g/mol. The number of halogens is 1. The number of aromatic nitrogens is 3. The molecule has 2 aromatic heterocycles. The van der Waals surface area contributed by atoms with E-state index in [-0.39, 0.29) is 17.9 Å². The summed E-state index contributed by atoms with van der Waals surface area (Å²) in [5.74, 6) is -1.38. The molecule has 1 aliphatic heterocycles. The van der Waals surface area contributed by atoms with E-state index in [4.69, 9.17) is 14.5 Å². The van der Waals surface area contributed by atoms with Gasteiger partial charge in [-0.15, -0.1) is 0 Å². The lowest BCUT2D eigenvalue weighted by Crippen LogP contribution is -2.31. The van der Waals surface area contributed by atoms with Crippen LogP contribution in [0, 0.1) is 5.82 Å². The number of carboxylic acids is 1. The van der Waals surface area contributed by atoms with Crippen molar-refractivity contribution in [1.29, 1.82) is 0 Å². The summed E-state index contributed by atoms with van der Waals surface area (Å²) in [6.45, 7) is 7.18. The van der Waals surface area contributed by atoms with Crippen LogP contribution in [0.5, 0.6) is 5.75 Å². The standard InChI is InChI=1S/C29H36FN5O5/c1-29(2,3)40-17-24-21(16-35(34-24)13-11-20-9-7-18-6-5-12-31-27(18)32-20)28(38)33-23(15-26(36)37)19-8-10-25(39-4)22(30)14-19/h7-10,14,16,23H,5-6,11-13,15,17H2,1-4H3,(H,31,32)(H,33,38)(H,36,37). The van der Waals surface area contributed by atoms with Gasteiger partial charge in [-0.2, -0.15) is 5.10 Å². The fourth-order valence-corrected chi connectivity index (χ4v) is 4.46. The van der Waals surface area contributed by atoms with Gasteiger partial charge in [0.2, 0.25) is 0 Å². The van der Waals surface area contributed by atoms with E-state index in [1.807, 2.05) is 26.8 Å². The van der Waals surface area contributed by atoms with Crippen LogP contribution < -0.4 is 15.4 Å². The first kappa shape index (κ1) is 29.0. The molecule has 214 valence electrons. The Bertz CT molecular complexity index is 1370. The van der Waals surface area contributed by atoms with E-state index in [0.29, 0.717) is 24.2 Å². The predicted molar refractivity (Wildman–Crippen MR) is 147 cm³/mol. The first-order valence-corrected chi connectivity index (χ1v) is 13.3. The molecule has 1 unspecified atom stereocenters. The number of aryl methyl sites for hydroxylation is 3. The van der Waals surface area contributed by atoms with Crippen molar-refractivity contribution in [2.75, 3.05) is 19.0 Å². The Hall–Kier alpha value is -3.99. The Morgan fingerprint density at radius 1 is 1.25 bits per heavy atom. The Kier molecular flexibility index (Phi) is 9.03. The molecule has 0 saturated heterocycles. The number of carbonyl (C=O) groups excluding carboxylic acids is 1. The number of aliphatic carboxylic acids is 1. The molecule has 0 spiro atoms. The third-order valence-electron chi connectivity index (χ3n) is 6.54. The van der Waals surface area contributed by atoms with Crippen molar-refractivity contribution in [1.82, 2.24) is 20.1 Å². The van der Waals surface area contributed by atoms with Crippen LogP contribution in [-0.4, -0.2) is 51.0 Å². The van der Waals surface area contributed by atoms with E-state index in [1.165, 1.54) is 30.9 Å². The number of amides is 1. The van der Waals surface area contributed by atoms with Crippen molar-refractivity contribution in [3.8, 4) is 5.75 Å². The SMILES string of the molecule is COc1ccc(C(CC(=O)O)NC(=O)c2cn(CCc3ccc4c(n3)NCCC4)nc2COC(C)(C)C)cc1F. The lowest BCUT2D eigenvalue weighted by molar-refractivity contribution is -0.137. The van der Waals surface area contributed by atoms with E-state index < -0.39 is 35.8 Å². The molecule has 0 aliphatic carbocycles. The van der Waals surface area contributed by atoms with E-state index in [1.54, 1.807) is 10.9 Å². The van der Waals surface area contributed by atoms with Crippen LogP contribution in [0.25, 0.3) is 0 Å². The number of nitrogens with zero attached hydrogens (tertiary/aromatic N) is 3. The summed E-state index contributed by atoms with van der Waals surface area (Å²) in [7, 11) is 1.34. The molecule has 0 bridgehead atoms. The molecule has 1 aliphatic rings. The zero-order valence-corrected chi connectivity index (χ0v) is 23.3. The van der Waals surface area contributed by atoms with E-state index in [0.717, 1.165) is 30.9 Å². The van der Waals surface area contributed by atoms with Crippen LogP contribution in [0.4, 0.5) is 10.2 Å². The van der Waals surface area contributed by atoms with E-state index in [2.05, 4.69) is 21.8 Å². The molecule has 3 N–H and O–H groups in total. The summed E-state index contributed by atoms with van der Waals surface area (Å²) in [5.41, 5.74) is 2.63. The lowest BCUT2D eigenvalue weighted by Gasteiger charge is -2.20. The Labute approximate surface area is 232 Å². The number of pyridine rings is 1. The summed E-state index contributed by atoms with van der Waals surface area (Å²) in [4.78, 5) is 29.8. The van der Waals surface area contributed by atoms with Crippen molar-refractivity contribution in [2.24, 2.45) is 0 Å². The molecule has 1 atom stereocenters. The number of carboxylic acid groups (broad SMARTS) is 1. The molecule has 0 radical (unpaired) electrons. The number of benzene rings is 1. The Morgan fingerprint density at radius 3 is 2.75 bits per heavy atom. The third-order valence-corrected chi connectivity index (χ3v) is 6.54. The van der Waals surface area contributed by atoms with Crippen molar-refractivity contribution in [3.63, 3.8) is 0 Å². The molecular formula is C29H36FN5O5. The predicted octanol–water partition coefficient (Wildman–Crippen LogP) is 4.29. The highest BCUT2D eigenvalue weighted by Crippen LogP contribution is 2.25. The number of hydrogen-bond donors (Lipinski definition) is 3. The van der Waals surface area contributed by atoms with Gasteiger partial charge in [-0.25, -0.2) is 9.37 Å². The summed E-state index contributed by atoms with van der Waals surface area (Å²) in [6, 6.07) is 7.23. The van der Waals surface area contributed by atoms with Crippen molar-refractivity contribution in [3.05, 3.63) is 70.4 Å². The van der Waals surface area contributed by atoms with Crippen LogP contribution in [0.2, 0.25) is 0 Å². The second-order valence-electron chi connectivity index (χ2n) is 10.8. The Morgan fingerprint density at radius 2 is 2.05 bits per heavy atom. The summed E-state index contributed by atoms with van der Waals surface area (Å²) >= 11 is 0. The number of ether oxygens (including phenoxy) is 2. The molecule has 0 fully saturated rings. The fraction of sp³-hybridized carbons (Fsp3) is 0.448. The van der Waals surface area contributed by atoms with Gasteiger partial charge in [0.1, 0.15) is 11.5 Å². The highest BCUT2D eigenvalue weighted by Gasteiger charge is 2.25. The highest BCUT2D eigenvalue weighted by molar-refractivity contribution is 5.95. The van der Waals surface area contributed by atoms with Gasteiger partial charge in [-0.1, -0.05) is 12.1 Å². The maximum absolute atomic E-state index is 14.4. The quantitative estimate of drug-likeness (QED) is 0.321. The average molecular weight is 554 g/mol. The molecule has 1 amide bonds. The van der Waals surface area contributed by atoms with Gasteiger partial charge in [0.05, 0.1) is 37.3 Å². The van der Waals surface area contributed by atoms with Crippen LogP contribution in [0.3, 0.4) is 0 Å². The molecule has 0 saturated carbocycles. The fourth-order valence-electron chi connectivity index (χ4n) is 4.46. The van der Waals surface area contributed by atoms with Crippen LogP contribution in [-0.2, 0) is 35.5 Å². The molecule has 40 heavy (non-hydrogen) atoms. The zero-order chi connectivity index (χ0) is 28.9. The molecule has 1 aromatic carbocycles.